The number of ether oxygens (including phenoxy) is 1. The first-order valence-electron chi connectivity index (χ1n) is 9.38. The second-order valence-corrected chi connectivity index (χ2v) is 6.91. The predicted molar refractivity (Wildman–Crippen MR) is 109 cm³/mol. The van der Waals surface area contributed by atoms with Gasteiger partial charge in [0.25, 0.3) is 5.91 Å². The second-order valence-electron chi connectivity index (χ2n) is 6.91. The summed E-state index contributed by atoms with van der Waals surface area (Å²) in [5.41, 5.74) is 1.19. The van der Waals surface area contributed by atoms with Crippen molar-refractivity contribution in [3.63, 3.8) is 0 Å². The average Bonchev–Trinajstić information content (AvgIpc) is 3.05. The first-order chi connectivity index (χ1) is 14.5. The van der Waals surface area contributed by atoms with Gasteiger partial charge in [0.15, 0.2) is 5.78 Å². The molecule has 1 fully saturated rings. The van der Waals surface area contributed by atoms with E-state index in [1.165, 1.54) is 36.3 Å². The van der Waals surface area contributed by atoms with E-state index in [0.29, 0.717) is 22.6 Å². The van der Waals surface area contributed by atoms with Crippen LogP contribution in [0.3, 0.4) is 0 Å². The Hall–Kier alpha value is -3.80. The van der Waals surface area contributed by atoms with E-state index in [-0.39, 0.29) is 0 Å². The molecule has 1 heterocycles. The lowest BCUT2D eigenvalue weighted by Crippen LogP contribution is -2.31. The fraction of sp³-hybridized carbons (Fsp3) is 0.125. The molecule has 6 heteroatoms. The number of Topliss-reactive ketones (excluding diaryl/α,β-unsaturated/α-hetero) is 2. The molecule has 0 aromatic heterocycles. The molecule has 1 aliphatic rings. The highest BCUT2D eigenvalue weighted by Gasteiger charge is 2.53. The van der Waals surface area contributed by atoms with Gasteiger partial charge in [-0.1, -0.05) is 48.5 Å². The van der Waals surface area contributed by atoms with Crippen LogP contribution in [0.1, 0.15) is 22.0 Å². The molecule has 0 N–H and O–H groups in total. The first kappa shape index (κ1) is 19.5. The van der Waals surface area contributed by atoms with Gasteiger partial charge in [-0.25, -0.2) is 4.39 Å². The molecule has 1 aliphatic heterocycles. The molecule has 3 aromatic rings. The summed E-state index contributed by atoms with van der Waals surface area (Å²) < 4.78 is 18.9. The summed E-state index contributed by atoms with van der Waals surface area (Å²) in [5.74, 6) is -3.34. The van der Waals surface area contributed by atoms with Gasteiger partial charge in [0.2, 0.25) is 5.78 Å². The molecule has 1 saturated heterocycles. The Labute approximate surface area is 172 Å². The number of hydrogen-bond donors (Lipinski definition) is 0. The second kappa shape index (κ2) is 7.91. The van der Waals surface area contributed by atoms with Crippen molar-refractivity contribution in [3.05, 3.63) is 95.8 Å². The van der Waals surface area contributed by atoms with Gasteiger partial charge in [0.1, 0.15) is 17.5 Å². The molecular formula is C24H18FNO4. The number of carbonyl (C=O) groups is 3. The van der Waals surface area contributed by atoms with E-state index >= 15 is 0 Å². The van der Waals surface area contributed by atoms with Gasteiger partial charge >= 0.3 is 0 Å². The van der Waals surface area contributed by atoms with Crippen LogP contribution in [-0.2, 0) is 9.59 Å². The number of anilines is 1. The Morgan fingerprint density at radius 2 is 1.53 bits per heavy atom. The molecule has 0 radical (unpaired) electrons. The van der Waals surface area contributed by atoms with Crippen LogP contribution in [0.4, 0.5) is 10.1 Å². The van der Waals surface area contributed by atoms with Crippen LogP contribution in [0.25, 0.3) is 0 Å². The lowest BCUT2D eigenvalue weighted by Gasteiger charge is -2.28. The van der Waals surface area contributed by atoms with Crippen LogP contribution in [0.15, 0.2) is 78.9 Å². The molecule has 30 heavy (non-hydrogen) atoms. The zero-order chi connectivity index (χ0) is 21.3. The molecule has 0 bridgehead atoms. The van der Waals surface area contributed by atoms with Crippen molar-refractivity contribution in [1.29, 1.82) is 0 Å². The first-order valence-corrected chi connectivity index (χ1v) is 9.38. The van der Waals surface area contributed by atoms with Crippen LogP contribution >= 0.6 is 0 Å². The Morgan fingerprint density at radius 3 is 2.20 bits per heavy atom. The quantitative estimate of drug-likeness (QED) is 0.367. The van der Waals surface area contributed by atoms with Crippen molar-refractivity contribution in [3.8, 4) is 5.75 Å². The third-order valence-corrected chi connectivity index (χ3v) is 5.21. The maximum Gasteiger partial charge on any atom is 0.295 e. The Kier molecular flexibility index (Phi) is 5.14. The largest absolute Gasteiger partial charge is 0.496 e. The van der Waals surface area contributed by atoms with Gasteiger partial charge in [-0.3, -0.25) is 19.3 Å². The predicted octanol–water partition coefficient (Wildman–Crippen LogP) is 3.99. The number of nitrogens with zero attached hydrogens (tertiary/aromatic N) is 1. The van der Waals surface area contributed by atoms with Crippen molar-refractivity contribution in [2.24, 2.45) is 5.92 Å². The van der Waals surface area contributed by atoms with Gasteiger partial charge in [0.05, 0.1) is 13.2 Å². The topological polar surface area (TPSA) is 63.7 Å². The monoisotopic (exact) mass is 403 g/mol. The fourth-order valence-corrected chi connectivity index (χ4v) is 3.82. The maximum atomic E-state index is 13.5. The van der Waals surface area contributed by atoms with E-state index in [0.717, 1.165) is 0 Å². The number of rotatable bonds is 5. The lowest BCUT2D eigenvalue weighted by atomic mass is 9.86. The normalized spacial score (nSPS) is 18.5. The highest BCUT2D eigenvalue weighted by atomic mass is 19.1. The fourth-order valence-electron chi connectivity index (χ4n) is 3.82. The van der Waals surface area contributed by atoms with Gasteiger partial charge in [-0.2, -0.15) is 0 Å². The van der Waals surface area contributed by atoms with Crippen molar-refractivity contribution in [1.82, 2.24) is 0 Å². The molecule has 2 unspecified atom stereocenters. The number of halogens is 1. The van der Waals surface area contributed by atoms with Gasteiger partial charge in [-0.15, -0.1) is 0 Å². The molecule has 5 nitrogen and oxygen atoms in total. The maximum absolute atomic E-state index is 13.5. The van der Waals surface area contributed by atoms with Gasteiger partial charge < -0.3 is 4.74 Å². The number of hydrogen-bond acceptors (Lipinski definition) is 4. The van der Waals surface area contributed by atoms with E-state index in [9.17, 15) is 18.8 Å². The van der Waals surface area contributed by atoms with Crippen LogP contribution < -0.4 is 9.64 Å². The molecule has 0 spiro atoms. The van der Waals surface area contributed by atoms with Crippen LogP contribution in [0.2, 0.25) is 0 Å². The lowest BCUT2D eigenvalue weighted by molar-refractivity contribution is -0.135. The van der Waals surface area contributed by atoms with Crippen molar-refractivity contribution < 1.29 is 23.5 Å². The van der Waals surface area contributed by atoms with E-state index in [1.54, 1.807) is 54.6 Å². The molecule has 1 amide bonds. The van der Waals surface area contributed by atoms with E-state index in [1.807, 2.05) is 0 Å². The zero-order valence-corrected chi connectivity index (χ0v) is 16.1. The number of amides is 1. The molecule has 0 aliphatic carbocycles. The highest BCUT2D eigenvalue weighted by molar-refractivity contribution is 6.49. The van der Waals surface area contributed by atoms with E-state index < -0.39 is 35.3 Å². The third kappa shape index (κ3) is 3.26. The smallest absolute Gasteiger partial charge is 0.295 e. The molecule has 150 valence electrons. The van der Waals surface area contributed by atoms with Gasteiger partial charge in [0, 0.05) is 16.8 Å². The number of para-hydroxylation sites is 1. The summed E-state index contributed by atoms with van der Waals surface area (Å²) in [7, 11) is 1.48. The number of benzene rings is 3. The molecule has 0 saturated carbocycles. The minimum atomic E-state index is -1.25. The Morgan fingerprint density at radius 1 is 0.900 bits per heavy atom. The molecular weight excluding hydrogens is 385 g/mol. The van der Waals surface area contributed by atoms with Crippen LogP contribution in [-0.4, -0.2) is 24.6 Å². The summed E-state index contributed by atoms with van der Waals surface area (Å²) in [4.78, 5) is 40.6. The van der Waals surface area contributed by atoms with Crippen LogP contribution in [0.5, 0.6) is 5.75 Å². The van der Waals surface area contributed by atoms with Crippen molar-refractivity contribution >= 4 is 23.2 Å². The SMILES string of the molecule is COc1ccccc1C1C(C(=O)c2ccccc2)C(=O)C(=O)N1c1ccc(F)cc1. The molecule has 4 rings (SSSR count). The van der Waals surface area contributed by atoms with Crippen molar-refractivity contribution in [2.75, 3.05) is 12.0 Å². The summed E-state index contributed by atoms with van der Waals surface area (Å²) in [6.45, 7) is 0. The molecule has 3 aromatic carbocycles. The number of carbonyl (C=O) groups excluding carboxylic acids is 3. The minimum Gasteiger partial charge on any atom is -0.496 e. The number of methoxy groups -OCH3 is 1. The molecule has 2 atom stereocenters. The zero-order valence-electron chi connectivity index (χ0n) is 16.1. The third-order valence-electron chi connectivity index (χ3n) is 5.21. The van der Waals surface area contributed by atoms with Gasteiger partial charge in [-0.05, 0) is 30.3 Å². The Bertz CT molecular complexity index is 1110. The standard InChI is InChI=1S/C24H18FNO4/c1-30-19-10-6-5-9-18(19)21-20(22(27)15-7-3-2-4-8-15)23(28)24(29)26(21)17-13-11-16(25)12-14-17/h2-14,20-21H,1H3. The summed E-state index contributed by atoms with van der Waals surface area (Å²) in [6.07, 6.45) is 0. The Balaban J connectivity index is 1.90. The highest BCUT2D eigenvalue weighted by Crippen LogP contribution is 2.44. The average molecular weight is 403 g/mol. The summed E-state index contributed by atoms with van der Waals surface area (Å²) in [6, 6.07) is 19.6. The van der Waals surface area contributed by atoms with Crippen LogP contribution in [0, 0.1) is 11.7 Å². The van der Waals surface area contributed by atoms with E-state index in [4.69, 9.17) is 4.74 Å². The number of ketones is 2. The van der Waals surface area contributed by atoms with E-state index in [2.05, 4.69) is 0 Å². The minimum absolute atomic E-state index is 0.328. The van der Waals surface area contributed by atoms with Crippen molar-refractivity contribution in [2.45, 2.75) is 6.04 Å². The summed E-state index contributed by atoms with van der Waals surface area (Å²) in [5, 5.41) is 0. The summed E-state index contributed by atoms with van der Waals surface area (Å²) >= 11 is 0.